The first-order valence-electron chi connectivity index (χ1n) is 10.5. The SMILES string of the molecule is C[C@H]1CN(CCc2ccccc2)CC[C@@H]1N(C(=O)c1ccco1)c1ccccc1Cl. The standard InChI is InChI=1S/C25H27ClN2O2/c1-19-18-27(15-13-20-8-3-2-4-9-20)16-14-22(19)28(23-11-6-5-10-21(23)26)25(29)24-12-7-17-30-24/h2-12,17,19,22H,13-16,18H2,1H3/t19-,22-/m0/s1. The van der Waals surface area contributed by atoms with E-state index in [0.717, 1.165) is 38.2 Å². The van der Waals surface area contributed by atoms with Crippen LogP contribution in [-0.4, -0.2) is 36.5 Å². The average molecular weight is 423 g/mol. The third-order valence-electron chi connectivity index (χ3n) is 5.90. The Morgan fingerprint density at radius 1 is 1.10 bits per heavy atom. The topological polar surface area (TPSA) is 36.7 Å². The van der Waals surface area contributed by atoms with E-state index in [-0.39, 0.29) is 11.9 Å². The number of carbonyl (C=O) groups is 1. The first-order valence-corrected chi connectivity index (χ1v) is 10.9. The number of amides is 1. The molecule has 3 aromatic rings. The maximum Gasteiger partial charge on any atom is 0.294 e. The molecule has 0 saturated carbocycles. The van der Waals surface area contributed by atoms with Crippen LogP contribution in [0.3, 0.4) is 0 Å². The highest BCUT2D eigenvalue weighted by atomic mass is 35.5. The number of halogens is 1. The number of anilines is 1. The second-order valence-corrected chi connectivity index (χ2v) is 8.38. The van der Waals surface area contributed by atoms with Crippen molar-refractivity contribution in [3.63, 3.8) is 0 Å². The Bertz CT molecular complexity index is 958. The van der Waals surface area contributed by atoms with Gasteiger partial charge in [0, 0.05) is 25.7 Å². The van der Waals surface area contributed by atoms with E-state index in [1.165, 1.54) is 11.8 Å². The van der Waals surface area contributed by atoms with Crippen molar-refractivity contribution in [2.75, 3.05) is 24.5 Å². The number of nitrogens with zero attached hydrogens (tertiary/aromatic N) is 2. The van der Waals surface area contributed by atoms with Crippen LogP contribution in [0.4, 0.5) is 5.69 Å². The van der Waals surface area contributed by atoms with Gasteiger partial charge in [0.05, 0.1) is 17.0 Å². The summed E-state index contributed by atoms with van der Waals surface area (Å²) in [4.78, 5) is 17.7. The molecular weight excluding hydrogens is 396 g/mol. The largest absolute Gasteiger partial charge is 0.459 e. The van der Waals surface area contributed by atoms with E-state index < -0.39 is 0 Å². The van der Waals surface area contributed by atoms with Crippen LogP contribution >= 0.6 is 11.6 Å². The first-order chi connectivity index (χ1) is 14.6. The highest BCUT2D eigenvalue weighted by Crippen LogP contribution is 2.33. The van der Waals surface area contributed by atoms with Crippen LogP contribution in [0.1, 0.15) is 29.5 Å². The minimum Gasteiger partial charge on any atom is -0.459 e. The van der Waals surface area contributed by atoms with Crippen molar-refractivity contribution in [2.24, 2.45) is 5.92 Å². The normalized spacial score (nSPS) is 19.5. The molecule has 30 heavy (non-hydrogen) atoms. The molecule has 5 heteroatoms. The van der Waals surface area contributed by atoms with Crippen molar-refractivity contribution < 1.29 is 9.21 Å². The monoisotopic (exact) mass is 422 g/mol. The van der Waals surface area contributed by atoms with Gasteiger partial charge in [-0.2, -0.15) is 0 Å². The van der Waals surface area contributed by atoms with E-state index in [2.05, 4.69) is 42.2 Å². The number of hydrogen-bond acceptors (Lipinski definition) is 3. The molecule has 0 aliphatic carbocycles. The molecule has 1 fully saturated rings. The lowest BCUT2D eigenvalue weighted by Gasteiger charge is -2.42. The Hall–Kier alpha value is -2.56. The van der Waals surface area contributed by atoms with Gasteiger partial charge < -0.3 is 14.2 Å². The number of para-hydroxylation sites is 1. The summed E-state index contributed by atoms with van der Waals surface area (Å²) in [5.41, 5.74) is 2.10. The molecule has 4 rings (SSSR count). The van der Waals surface area contributed by atoms with E-state index in [1.807, 2.05) is 29.2 Å². The Morgan fingerprint density at radius 2 is 1.87 bits per heavy atom. The average Bonchev–Trinajstić information content (AvgIpc) is 3.31. The fourth-order valence-electron chi connectivity index (χ4n) is 4.34. The van der Waals surface area contributed by atoms with Crippen molar-refractivity contribution in [3.05, 3.63) is 89.3 Å². The van der Waals surface area contributed by atoms with Gasteiger partial charge in [0.15, 0.2) is 5.76 Å². The maximum atomic E-state index is 13.4. The van der Waals surface area contributed by atoms with Crippen molar-refractivity contribution in [3.8, 4) is 0 Å². The summed E-state index contributed by atoms with van der Waals surface area (Å²) in [5, 5.41) is 0.580. The van der Waals surface area contributed by atoms with Crippen LogP contribution in [0.15, 0.2) is 77.4 Å². The number of benzene rings is 2. The van der Waals surface area contributed by atoms with Gasteiger partial charge in [0.1, 0.15) is 0 Å². The Balaban J connectivity index is 1.50. The molecule has 0 spiro atoms. The predicted octanol–water partition coefficient (Wildman–Crippen LogP) is 5.53. The maximum absolute atomic E-state index is 13.4. The molecule has 2 heterocycles. The molecule has 1 aromatic heterocycles. The summed E-state index contributed by atoms with van der Waals surface area (Å²) in [6.45, 7) is 5.15. The van der Waals surface area contributed by atoms with Crippen molar-refractivity contribution in [2.45, 2.75) is 25.8 Å². The molecule has 1 aliphatic heterocycles. The third kappa shape index (κ3) is 4.61. The van der Waals surface area contributed by atoms with E-state index in [0.29, 0.717) is 16.7 Å². The number of furan rings is 1. The van der Waals surface area contributed by atoms with Crippen molar-refractivity contribution in [1.29, 1.82) is 0 Å². The van der Waals surface area contributed by atoms with Gasteiger partial charge >= 0.3 is 0 Å². The molecule has 2 atom stereocenters. The molecule has 4 nitrogen and oxygen atoms in total. The van der Waals surface area contributed by atoms with Gasteiger partial charge in [-0.3, -0.25) is 4.79 Å². The van der Waals surface area contributed by atoms with E-state index in [9.17, 15) is 4.79 Å². The predicted molar refractivity (Wildman–Crippen MR) is 121 cm³/mol. The molecule has 1 aliphatic rings. The number of carbonyl (C=O) groups excluding carboxylic acids is 1. The van der Waals surface area contributed by atoms with Gasteiger partial charge in [-0.05, 0) is 48.6 Å². The fourth-order valence-corrected chi connectivity index (χ4v) is 4.57. The zero-order chi connectivity index (χ0) is 20.9. The summed E-state index contributed by atoms with van der Waals surface area (Å²) in [6, 6.07) is 21.7. The minimum atomic E-state index is -0.136. The van der Waals surface area contributed by atoms with Crippen LogP contribution in [0.2, 0.25) is 5.02 Å². The molecule has 156 valence electrons. The van der Waals surface area contributed by atoms with Crippen LogP contribution in [-0.2, 0) is 6.42 Å². The summed E-state index contributed by atoms with van der Waals surface area (Å²) < 4.78 is 5.43. The quantitative estimate of drug-likeness (QED) is 0.523. The van der Waals surface area contributed by atoms with E-state index >= 15 is 0 Å². The Morgan fingerprint density at radius 3 is 2.57 bits per heavy atom. The molecular formula is C25H27ClN2O2. The zero-order valence-electron chi connectivity index (χ0n) is 17.2. The smallest absolute Gasteiger partial charge is 0.294 e. The van der Waals surface area contributed by atoms with Crippen LogP contribution in [0.5, 0.6) is 0 Å². The van der Waals surface area contributed by atoms with E-state index in [4.69, 9.17) is 16.0 Å². The molecule has 1 saturated heterocycles. The number of piperidine rings is 1. The number of hydrogen-bond donors (Lipinski definition) is 0. The van der Waals surface area contributed by atoms with Crippen LogP contribution in [0.25, 0.3) is 0 Å². The van der Waals surface area contributed by atoms with Gasteiger partial charge in [-0.1, -0.05) is 61.0 Å². The molecule has 0 N–H and O–H groups in total. The molecule has 0 unspecified atom stereocenters. The second-order valence-electron chi connectivity index (χ2n) is 7.97. The number of rotatable bonds is 6. The first kappa shape index (κ1) is 20.7. The molecule has 0 bridgehead atoms. The van der Waals surface area contributed by atoms with Gasteiger partial charge in [-0.15, -0.1) is 0 Å². The summed E-state index contributed by atoms with van der Waals surface area (Å²) >= 11 is 6.50. The third-order valence-corrected chi connectivity index (χ3v) is 6.22. The lowest BCUT2D eigenvalue weighted by molar-refractivity contribution is 0.0906. The molecule has 2 aromatic carbocycles. The van der Waals surface area contributed by atoms with Gasteiger partial charge in [0.2, 0.25) is 0 Å². The second kappa shape index (κ2) is 9.50. The lowest BCUT2D eigenvalue weighted by atomic mass is 9.91. The van der Waals surface area contributed by atoms with Gasteiger partial charge in [0.25, 0.3) is 5.91 Å². The van der Waals surface area contributed by atoms with Crippen LogP contribution < -0.4 is 4.90 Å². The van der Waals surface area contributed by atoms with Crippen molar-refractivity contribution >= 4 is 23.2 Å². The zero-order valence-corrected chi connectivity index (χ0v) is 18.0. The lowest BCUT2D eigenvalue weighted by Crippen LogP contribution is -2.52. The highest BCUT2D eigenvalue weighted by molar-refractivity contribution is 6.34. The summed E-state index contributed by atoms with van der Waals surface area (Å²) in [5.74, 6) is 0.515. The fraction of sp³-hybridized carbons (Fsp3) is 0.320. The summed E-state index contributed by atoms with van der Waals surface area (Å²) in [7, 11) is 0. The van der Waals surface area contributed by atoms with Crippen LogP contribution in [0, 0.1) is 5.92 Å². The van der Waals surface area contributed by atoms with Crippen molar-refractivity contribution in [1.82, 2.24) is 4.90 Å². The summed E-state index contributed by atoms with van der Waals surface area (Å²) in [6.07, 6.45) is 3.47. The Labute approximate surface area is 183 Å². The van der Waals surface area contributed by atoms with Gasteiger partial charge in [-0.25, -0.2) is 0 Å². The number of likely N-dealkylation sites (tertiary alicyclic amines) is 1. The Kier molecular flexibility index (Phi) is 6.56. The minimum absolute atomic E-state index is 0.0653. The molecule has 1 amide bonds. The highest BCUT2D eigenvalue weighted by Gasteiger charge is 2.36. The molecule has 0 radical (unpaired) electrons. The van der Waals surface area contributed by atoms with E-state index in [1.54, 1.807) is 12.1 Å².